The quantitative estimate of drug-likeness (QED) is 0.627. The van der Waals surface area contributed by atoms with Crippen LogP contribution < -0.4 is 14.8 Å². The average Bonchev–Trinajstić information content (AvgIpc) is 2.85. The number of piperidine rings is 3. The molecule has 2 bridgehead atoms. The van der Waals surface area contributed by atoms with Crippen LogP contribution >= 0.6 is 0 Å². The van der Waals surface area contributed by atoms with Crippen LogP contribution in [0.2, 0.25) is 0 Å². The molecule has 1 N–H and O–H groups in total. The Morgan fingerprint density at radius 2 is 1.85 bits per heavy atom. The lowest BCUT2D eigenvalue weighted by atomic mass is 9.78. The van der Waals surface area contributed by atoms with Gasteiger partial charge in [0.25, 0.3) is 0 Å². The second-order valence-electron chi connectivity index (χ2n) is 10.3. The number of rotatable bonds is 6. The van der Waals surface area contributed by atoms with Crippen molar-refractivity contribution in [2.24, 2.45) is 11.3 Å². The number of amides is 1. The first kappa shape index (κ1) is 23.0. The molecule has 0 spiro atoms. The van der Waals surface area contributed by atoms with Gasteiger partial charge in [-0.25, -0.2) is 4.79 Å². The largest absolute Gasteiger partial charge is 0.493 e. The lowest BCUT2D eigenvalue weighted by Crippen LogP contribution is -2.53. The van der Waals surface area contributed by atoms with Crippen molar-refractivity contribution < 1.29 is 23.7 Å². The van der Waals surface area contributed by atoms with Crippen LogP contribution in [-0.2, 0) is 9.47 Å². The molecule has 0 aliphatic carbocycles. The van der Waals surface area contributed by atoms with Gasteiger partial charge >= 0.3 is 6.09 Å². The van der Waals surface area contributed by atoms with Crippen LogP contribution in [0.3, 0.4) is 0 Å². The summed E-state index contributed by atoms with van der Waals surface area (Å²) >= 11 is 0. The monoisotopic (exact) mass is 466 g/mol. The van der Waals surface area contributed by atoms with Crippen molar-refractivity contribution >= 4 is 6.09 Å². The fourth-order valence-electron chi connectivity index (χ4n) is 5.32. The van der Waals surface area contributed by atoms with Gasteiger partial charge in [-0.15, -0.1) is 0 Å². The minimum Gasteiger partial charge on any atom is -0.493 e. The zero-order chi connectivity index (χ0) is 23.7. The summed E-state index contributed by atoms with van der Waals surface area (Å²) in [5.41, 5.74) is 2.83. The first-order valence-corrected chi connectivity index (χ1v) is 12.1. The maximum absolute atomic E-state index is 12.9. The van der Waals surface area contributed by atoms with Gasteiger partial charge in [0.1, 0.15) is 17.6 Å². The van der Waals surface area contributed by atoms with Crippen molar-refractivity contribution in [3.8, 4) is 22.6 Å². The number of carbonyl (C=O) groups is 1. The Morgan fingerprint density at radius 1 is 1.12 bits per heavy atom. The molecule has 2 aromatic rings. The van der Waals surface area contributed by atoms with Crippen molar-refractivity contribution in [1.29, 1.82) is 0 Å². The summed E-state index contributed by atoms with van der Waals surface area (Å²) in [4.78, 5) is 15.3. The Kier molecular flexibility index (Phi) is 6.40. The molecule has 1 unspecified atom stereocenters. The van der Waals surface area contributed by atoms with Gasteiger partial charge in [0.2, 0.25) is 0 Å². The summed E-state index contributed by atoms with van der Waals surface area (Å²) in [6, 6.07) is 13.9. The molecule has 4 aliphatic rings. The smallest absolute Gasteiger partial charge is 0.407 e. The molecule has 0 saturated carbocycles. The summed E-state index contributed by atoms with van der Waals surface area (Å²) in [7, 11) is 1.60. The minimum absolute atomic E-state index is 0.0110. The molecule has 7 heteroatoms. The lowest BCUT2D eigenvalue weighted by molar-refractivity contribution is -0.0361. The summed E-state index contributed by atoms with van der Waals surface area (Å²) in [6.45, 7) is 8.06. The number of ether oxygens (including phenoxy) is 4. The molecule has 0 radical (unpaired) electrons. The standard InChI is InChI=1S/C27H34N2O5/c1-27(2)16-32-23-14-20(18-4-7-21(8-5-18)33-17-31-3)6-9-22(23)25(27)28-26(30)34-24-15-29-12-10-19(24)11-13-29/h4-9,14,19,24-25H,10-13,15-17H2,1-3H3,(H,28,30)/t24-,25?/m1/s1. The number of hydrogen-bond acceptors (Lipinski definition) is 6. The third kappa shape index (κ3) is 4.72. The molecule has 34 heavy (non-hydrogen) atoms. The molecule has 4 aliphatic heterocycles. The summed E-state index contributed by atoms with van der Waals surface area (Å²) in [5, 5.41) is 3.17. The van der Waals surface area contributed by atoms with E-state index in [0.29, 0.717) is 12.5 Å². The number of alkyl carbamates (subject to hydrolysis) is 1. The van der Waals surface area contributed by atoms with Crippen molar-refractivity contribution in [3.63, 3.8) is 0 Å². The van der Waals surface area contributed by atoms with Crippen molar-refractivity contribution in [2.75, 3.05) is 40.1 Å². The number of methoxy groups -OCH3 is 1. The van der Waals surface area contributed by atoms with Crippen LogP contribution in [0.15, 0.2) is 42.5 Å². The number of carbonyl (C=O) groups excluding carboxylic acids is 1. The maximum Gasteiger partial charge on any atom is 0.407 e. The molecular weight excluding hydrogens is 432 g/mol. The van der Waals surface area contributed by atoms with Crippen molar-refractivity contribution in [1.82, 2.24) is 10.2 Å². The van der Waals surface area contributed by atoms with Crippen LogP contribution in [0.25, 0.3) is 11.1 Å². The van der Waals surface area contributed by atoms with E-state index in [4.69, 9.17) is 18.9 Å². The van der Waals surface area contributed by atoms with E-state index in [1.54, 1.807) is 7.11 Å². The van der Waals surface area contributed by atoms with E-state index in [1.165, 1.54) is 0 Å². The molecular formula is C27H34N2O5. The molecule has 2 aromatic carbocycles. The van der Waals surface area contributed by atoms with E-state index in [1.807, 2.05) is 30.3 Å². The third-order valence-electron chi connectivity index (χ3n) is 7.35. The summed E-state index contributed by atoms with van der Waals surface area (Å²) in [5.74, 6) is 2.04. The Balaban J connectivity index is 1.31. The normalized spacial score (nSPS) is 26.8. The number of nitrogens with one attached hydrogen (secondary N) is 1. The highest BCUT2D eigenvalue weighted by Crippen LogP contribution is 2.44. The SMILES string of the molecule is COCOc1ccc(-c2ccc3c(c2)OCC(C)(C)C3NC(=O)O[C@@H]2CN3CCC2CC3)cc1. The van der Waals surface area contributed by atoms with Gasteiger partial charge in [-0.3, -0.25) is 4.90 Å². The van der Waals surface area contributed by atoms with Crippen LogP contribution in [-0.4, -0.2) is 57.2 Å². The highest BCUT2D eigenvalue weighted by molar-refractivity contribution is 5.70. The van der Waals surface area contributed by atoms with Gasteiger partial charge in [-0.05, 0) is 61.2 Å². The summed E-state index contributed by atoms with van der Waals surface area (Å²) in [6.07, 6.45) is 1.89. The second kappa shape index (κ2) is 9.47. The van der Waals surface area contributed by atoms with Crippen LogP contribution in [0.1, 0.15) is 38.3 Å². The van der Waals surface area contributed by atoms with Crippen molar-refractivity contribution in [2.45, 2.75) is 38.8 Å². The predicted octanol–water partition coefficient (Wildman–Crippen LogP) is 4.62. The number of benzene rings is 2. The first-order chi connectivity index (χ1) is 16.4. The molecule has 1 amide bonds. The molecule has 3 fully saturated rings. The minimum atomic E-state index is -0.333. The Bertz CT molecular complexity index is 1010. The van der Waals surface area contributed by atoms with E-state index < -0.39 is 0 Å². The lowest BCUT2D eigenvalue weighted by Gasteiger charge is -2.44. The van der Waals surface area contributed by atoms with E-state index in [-0.39, 0.29) is 30.4 Å². The molecule has 182 valence electrons. The van der Waals surface area contributed by atoms with Crippen molar-refractivity contribution in [3.05, 3.63) is 48.0 Å². The highest BCUT2D eigenvalue weighted by Gasteiger charge is 2.41. The van der Waals surface area contributed by atoms with Gasteiger partial charge < -0.3 is 24.3 Å². The second-order valence-corrected chi connectivity index (χ2v) is 10.3. The Labute approximate surface area is 201 Å². The molecule has 3 saturated heterocycles. The highest BCUT2D eigenvalue weighted by atomic mass is 16.7. The number of fused-ring (bicyclic) bond motifs is 4. The van der Waals surface area contributed by atoms with E-state index >= 15 is 0 Å². The third-order valence-corrected chi connectivity index (χ3v) is 7.35. The van der Waals surface area contributed by atoms with Gasteiger partial charge in [-0.2, -0.15) is 0 Å². The van der Waals surface area contributed by atoms with E-state index in [0.717, 1.165) is 60.7 Å². The molecule has 6 rings (SSSR count). The van der Waals surface area contributed by atoms with E-state index in [2.05, 4.69) is 36.2 Å². The fourth-order valence-corrected chi connectivity index (χ4v) is 5.32. The van der Waals surface area contributed by atoms with Gasteiger partial charge in [0.05, 0.1) is 12.6 Å². The fraction of sp³-hybridized carbons (Fsp3) is 0.519. The zero-order valence-corrected chi connectivity index (χ0v) is 20.2. The van der Waals surface area contributed by atoms with Crippen LogP contribution in [0.4, 0.5) is 4.79 Å². The molecule has 0 aromatic heterocycles. The molecule has 4 heterocycles. The topological polar surface area (TPSA) is 69.3 Å². The first-order valence-electron chi connectivity index (χ1n) is 12.1. The maximum atomic E-state index is 12.9. The number of nitrogens with zero attached hydrogens (tertiary/aromatic N) is 1. The number of hydrogen-bond donors (Lipinski definition) is 1. The zero-order valence-electron chi connectivity index (χ0n) is 20.2. The van der Waals surface area contributed by atoms with Crippen LogP contribution in [0.5, 0.6) is 11.5 Å². The molecule has 2 atom stereocenters. The van der Waals surface area contributed by atoms with Gasteiger partial charge in [0, 0.05) is 24.6 Å². The van der Waals surface area contributed by atoms with E-state index in [9.17, 15) is 4.79 Å². The Morgan fingerprint density at radius 3 is 2.53 bits per heavy atom. The van der Waals surface area contributed by atoms with Gasteiger partial charge in [0.15, 0.2) is 6.79 Å². The molecule has 7 nitrogen and oxygen atoms in total. The summed E-state index contributed by atoms with van der Waals surface area (Å²) < 4.78 is 22.5. The van der Waals surface area contributed by atoms with Crippen LogP contribution in [0, 0.1) is 11.3 Å². The average molecular weight is 467 g/mol. The Hall–Kier alpha value is -2.77. The predicted molar refractivity (Wildman–Crippen MR) is 129 cm³/mol. The van der Waals surface area contributed by atoms with Gasteiger partial charge in [-0.1, -0.05) is 38.1 Å².